The minimum absolute atomic E-state index is 0.0261. The van der Waals surface area contributed by atoms with Crippen molar-refractivity contribution in [1.82, 2.24) is 4.98 Å². The van der Waals surface area contributed by atoms with Crippen molar-refractivity contribution in [2.75, 3.05) is 0 Å². The molecule has 0 aliphatic rings. The van der Waals surface area contributed by atoms with Crippen molar-refractivity contribution in [2.45, 2.75) is 13.3 Å². The highest BCUT2D eigenvalue weighted by Gasteiger charge is 2.04. The summed E-state index contributed by atoms with van der Waals surface area (Å²) < 4.78 is 0.810. The molecule has 0 saturated heterocycles. The van der Waals surface area contributed by atoms with E-state index in [0.29, 0.717) is 0 Å². The zero-order valence-electron chi connectivity index (χ0n) is 6.54. The van der Waals surface area contributed by atoms with Crippen molar-refractivity contribution in [2.24, 2.45) is 0 Å². The molecule has 1 aromatic heterocycles. The van der Waals surface area contributed by atoms with Crippen LogP contribution in [-0.4, -0.2) is 16.1 Å². The lowest BCUT2D eigenvalue weighted by molar-refractivity contribution is -0.136. The number of hydrogen-bond donors (Lipinski definition) is 1. The van der Waals surface area contributed by atoms with Gasteiger partial charge in [-0.2, -0.15) is 0 Å². The van der Waals surface area contributed by atoms with Crippen LogP contribution in [-0.2, 0) is 11.2 Å². The number of carboxylic acid groups (broad SMARTS) is 1. The number of aliphatic carboxylic acids is 1. The molecule has 0 radical (unpaired) electrons. The van der Waals surface area contributed by atoms with E-state index in [1.807, 2.05) is 0 Å². The van der Waals surface area contributed by atoms with E-state index in [2.05, 4.69) is 20.9 Å². The highest BCUT2D eigenvalue weighted by atomic mass is 79.9. The molecule has 1 aromatic rings. The average Bonchev–Trinajstić information content (AvgIpc) is 1.96. The Bertz CT molecular complexity index is 312. The second-order valence-electron chi connectivity index (χ2n) is 2.47. The Balaban J connectivity index is 2.97. The summed E-state index contributed by atoms with van der Waals surface area (Å²) in [4.78, 5) is 14.4. The lowest BCUT2D eigenvalue weighted by Gasteiger charge is -2.01. The molecule has 12 heavy (non-hydrogen) atoms. The number of carboxylic acids is 1. The van der Waals surface area contributed by atoms with Gasteiger partial charge in [-0.3, -0.25) is 9.78 Å². The van der Waals surface area contributed by atoms with E-state index in [0.717, 1.165) is 15.7 Å². The highest BCUT2D eigenvalue weighted by molar-refractivity contribution is 9.10. The Kier molecular flexibility index (Phi) is 2.81. The molecule has 1 N–H and O–H groups in total. The molecular weight excluding hydrogens is 222 g/mol. The van der Waals surface area contributed by atoms with Gasteiger partial charge in [0.2, 0.25) is 0 Å². The molecule has 0 bridgehead atoms. The minimum Gasteiger partial charge on any atom is -0.481 e. The molecule has 0 aromatic carbocycles. The molecule has 0 aliphatic heterocycles. The largest absolute Gasteiger partial charge is 0.481 e. The van der Waals surface area contributed by atoms with Gasteiger partial charge in [0.1, 0.15) is 0 Å². The van der Waals surface area contributed by atoms with E-state index in [1.54, 1.807) is 19.2 Å². The SMILES string of the molecule is Cc1ncc(Br)cc1CC(=O)O. The fourth-order valence-corrected chi connectivity index (χ4v) is 1.27. The first kappa shape index (κ1) is 9.19. The van der Waals surface area contributed by atoms with Crippen molar-refractivity contribution < 1.29 is 9.90 Å². The second kappa shape index (κ2) is 3.67. The molecule has 64 valence electrons. The fourth-order valence-electron chi connectivity index (χ4n) is 0.891. The van der Waals surface area contributed by atoms with Crippen LogP contribution in [0.3, 0.4) is 0 Å². The molecule has 1 heterocycles. The van der Waals surface area contributed by atoms with Crippen LogP contribution >= 0.6 is 15.9 Å². The molecule has 0 amide bonds. The van der Waals surface area contributed by atoms with Crippen molar-refractivity contribution in [3.05, 3.63) is 28.0 Å². The van der Waals surface area contributed by atoms with Gasteiger partial charge in [-0.05, 0) is 34.5 Å². The molecule has 0 unspecified atom stereocenters. The maximum Gasteiger partial charge on any atom is 0.307 e. The van der Waals surface area contributed by atoms with Gasteiger partial charge < -0.3 is 5.11 Å². The van der Waals surface area contributed by atoms with Gasteiger partial charge in [-0.1, -0.05) is 0 Å². The fraction of sp³-hybridized carbons (Fsp3) is 0.250. The van der Waals surface area contributed by atoms with Gasteiger partial charge in [0.15, 0.2) is 0 Å². The first-order valence-electron chi connectivity index (χ1n) is 3.42. The van der Waals surface area contributed by atoms with Crippen LogP contribution in [0.15, 0.2) is 16.7 Å². The van der Waals surface area contributed by atoms with Crippen LogP contribution in [0, 0.1) is 6.92 Å². The number of hydrogen-bond acceptors (Lipinski definition) is 2. The molecule has 4 heteroatoms. The third kappa shape index (κ3) is 2.30. The Morgan fingerprint density at radius 1 is 1.75 bits per heavy atom. The molecular formula is C8H8BrNO2. The summed E-state index contributed by atoms with van der Waals surface area (Å²) in [5, 5.41) is 8.54. The molecule has 0 aliphatic carbocycles. The number of aromatic nitrogens is 1. The number of nitrogens with zero attached hydrogens (tertiary/aromatic N) is 1. The van der Waals surface area contributed by atoms with Gasteiger partial charge in [-0.25, -0.2) is 0 Å². The maximum atomic E-state index is 10.4. The number of carbonyl (C=O) groups is 1. The molecule has 0 saturated carbocycles. The Morgan fingerprint density at radius 2 is 2.42 bits per heavy atom. The summed E-state index contributed by atoms with van der Waals surface area (Å²) in [6.07, 6.45) is 1.68. The zero-order chi connectivity index (χ0) is 9.14. The van der Waals surface area contributed by atoms with E-state index in [4.69, 9.17) is 5.11 Å². The second-order valence-corrected chi connectivity index (χ2v) is 3.38. The molecule has 0 atom stereocenters. The summed E-state index contributed by atoms with van der Waals surface area (Å²) in [6.45, 7) is 1.80. The third-order valence-corrected chi connectivity index (χ3v) is 1.93. The first-order valence-corrected chi connectivity index (χ1v) is 4.21. The van der Waals surface area contributed by atoms with E-state index in [9.17, 15) is 4.79 Å². The molecule has 0 spiro atoms. The number of rotatable bonds is 2. The van der Waals surface area contributed by atoms with Crippen molar-refractivity contribution in [3.63, 3.8) is 0 Å². The first-order chi connectivity index (χ1) is 5.59. The predicted molar refractivity (Wildman–Crippen MR) is 48.0 cm³/mol. The smallest absolute Gasteiger partial charge is 0.307 e. The summed E-state index contributed by atoms with van der Waals surface area (Å²) in [6, 6.07) is 1.77. The van der Waals surface area contributed by atoms with Crippen LogP contribution in [0.2, 0.25) is 0 Å². The summed E-state index contributed by atoms with van der Waals surface area (Å²) in [7, 11) is 0. The Hall–Kier alpha value is -0.900. The number of pyridine rings is 1. The van der Waals surface area contributed by atoms with Gasteiger partial charge in [0.25, 0.3) is 0 Å². The van der Waals surface area contributed by atoms with E-state index < -0.39 is 5.97 Å². The molecule has 3 nitrogen and oxygen atoms in total. The highest BCUT2D eigenvalue weighted by Crippen LogP contribution is 2.13. The summed E-state index contributed by atoms with van der Waals surface area (Å²) >= 11 is 3.23. The van der Waals surface area contributed by atoms with Gasteiger partial charge in [0, 0.05) is 16.4 Å². The van der Waals surface area contributed by atoms with Gasteiger partial charge in [-0.15, -0.1) is 0 Å². The van der Waals surface area contributed by atoms with Crippen molar-refractivity contribution in [3.8, 4) is 0 Å². The normalized spacial score (nSPS) is 9.83. The van der Waals surface area contributed by atoms with Crippen LogP contribution in [0.25, 0.3) is 0 Å². The van der Waals surface area contributed by atoms with Crippen molar-refractivity contribution >= 4 is 21.9 Å². The van der Waals surface area contributed by atoms with Crippen LogP contribution in [0.4, 0.5) is 0 Å². The third-order valence-electron chi connectivity index (χ3n) is 1.50. The maximum absolute atomic E-state index is 10.4. The Labute approximate surface area is 78.6 Å². The Morgan fingerprint density at radius 3 is 3.00 bits per heavy atom. The van der Waals surface area contributed by atoms with Crippen LogP contribution in [0.5, 0.6) is 0 Å². The zero-order valence-corrected chi connectivity index (χ0v) is 8.13. The number of halogens is 1. The van der Waals surface area contributed by atoms with Crippen molar-refractivity contribution in [1.29, 1.82) is 0 Å². The van der Waals surface area contributed by atoms with Crippen LogP contribution < -0.4 is 0 Å². The standard InChI is InChI=1S/C8H8BrNO2/c1-5-6(3-8(11)12)2-7(9)4-10-5/h2,4H,3H2,1H3,(H,11,12). The van der Waals surface area contributed by atoms with Gasteiger partial charge >= 0.3 is 5.97 Å². The average molecular weight is 230 g/mol. The van der Waals surface area contributed by atoms with E-state index in [-0.39, 0.29) is 6.42 Å². The van der Waals surface area contributed by atoms with E-state index in [1.165, 1.54) is 0 Å². The summed E-state index contributed by atoms with van der Waals surface area (Å²) in [5.41, 5.74) is 1.51. The topological polar surface area (TPSA) is 50.2 Å². The van der Waals surface area contributed by atoms with Crippen LogP contribution in [0.1, 0.15) is 11.3 Å². The minimum atomic E-state index is -0.835. The molecule has 0 fully saturated rings. The van der Waals surface area contributed by atoms with E-state index >= 15 is 0 Å². The number of aryl methyl sites for hydroxylation is 1. The molecule has 1 rings (SSSR count). The van der Waals surface area contributed by atoms with Gasteiger partial charge in [0.05, 0.1) is 6.42 Å². The lowest BCUT2D eigenvalue weighted by atomic mass is 10.1. The monoisotopic (exact) mass is 229 g/mol. The predicted octanol–water partition coefficient (Wildman–Crippen LogP) is 1.78. The quantitative estimate of drug-likeness (QED) is 0.842. The summed E-state index contributed by atoms with van der Waals surface area (Å²) in [5.74, 6) is -0.835. The lowest BCUT2D eigenvalue weighted by Crippen LogP contribution is -2.02.